The van der Waals surface area contributed by atoms with Crippen LogP contribution in [0.2, 0.25) is 0 Å². The van der Waals surface area contributed by atoms with Gasteiger partial charge in [-0.25, -0.2) is 4.68 Å². The number of carbonyl (C=O) groups is 1. The zero-order chi connectivity index (χ0) is 14.7. The highest BCUT2D eigenvalue weighted by molar-refractivity contribution is 5.97. The molecule has 3 rings (SSSR count). The summed E-state index contributed by atoms with van der Waals surface area (Å²) in [7, 11) is 2.10. The summed E-state index contributed by atoms with van der Waals surface area (Å²) in [5, 5.41) is 4.24. The molecule has 0 N–H and O–H groups in total. The maximum Gasteiger partial charge on any atom is 0.256 e. The van der Waals surface area contributed by atoms with Crippen LogP contribution in [-0.2, 0) is 0 Å². The van der Waals surface area contributed by atoms with Crippen LogP contribution in [0.15, 0.2) is 42.7 Å². The lowest BCUT2D eigenvalue weighted by Gasteiger charge is -2.22. The molecule has 5 heteroatoms. The Kier molecular flexibility index (Phi) is 4.01. The molecule has 1 aliphatic heterocycles. The highest BCUT2D eigenvalue weighted by Crippen LogP contribution is 2.17. The van der Waals surface area contributed by atoms with Gasteiger partial charge in [0.15, 0.2) is 0 Å². The summed E-state index contributed by atoms with van der Waals surface area (Å²) in [4.78, 5) is 17.1. The third-order valence-electron chi connectivity index (χ3n) is 3.89. The van der Waals surface area contributed by atoms with Crippen LogP contribution in [0.1, 0.15) is 16.8 Å². The van der Waals surface area contributed by atoms with Crippen molar-refractivity contribution < 1.29 is 4.79 Å². The van der Waals surface area contributed by atoms with Crippen LogP contribution in [0.25, 0.3) is 5.69 Å². The number of hydrogen-bond donors (Lipinski definition) is 0. The largest absolute Gasteiger partial charge is 0.337 e. The summed E-state index contributed by atoms with van der Waals surface area (Å²) >= 11 is 0. The normalized spacial score (nSPS) is 16.7. The van der Waals surface area contributed by atoms with E-state index >= 15 is 0 Å². The van der Waals surface area contributed by atoms with Crippen LogP contribution in [-0.4, -0.2) is 58.7 Å². The molecule has 1 saturated heterocycles. The van der Waals surface area contributed by atoms with E-state index in [1.165, 1.54) is 0 Å². The second-order valence-corrected chi connectivity index (χ2v) is 5.42. The maximum absolute atomic E-state index is 12.8. The average Bonchev–Trinajstić information content (AvgIpc) is 2.96. The van der Waals surface area contributed by atoms with Gasteiger partial charge in [-0.15, -0.1) is 0 Å². The smallest absolute Gasteiger partial charge is 0.256 e. The third-order valence-corrected chi connectivity index (χ3v) is 3.89. The molecule has 5 nitrogen and oxygen atoms in total. The first-order chi connectivity index (χ1) is 10.3. The summed E-state index contributed by atoms with van der Waals surface area (Å²) in [5.41, 5.74) is 1.55. The Balaban J connectivity index is 1.88. The molecule has 0 unspecified atom stereocenters. The Bertz CT molecular complexity index is 608. The van der Waals surface area contributed by atoms with E-state index in [2.05, 4.69) is 17.0 Å². The van der Waals surface area contributed by atoms with E-state index in [1.807, 2.05) is 41.4 Å². The molecule has 0 saturated carbocycles. The lowest BCUT2D eigenvalue weighted by molar-refractivity contribution is 0.0762. The topological polar surface area (TPSA) is 41.4 Å². The molecule has 1 aliphatic rings. The van der Waals surface area contributed by atoms with Gasteiger partial charge in [-0.1, -0.05) is 12.1 Å². The van der Waals surface area contributed by atoms with E-state index in [4.69, 9.17) is 0 Å². The zero-order valence-corrected chi connectivity index (χ0v) is 12.3. The fraction of sp³-hybridized carbons (Fsp3) is 0.375. The SMILES string of the molecule is CN1CCCN(C(=O)c2ccccc2-n2cccn2)CC1. The number of nitrogens with zero attached hydrogens (tertiary/aromatic N) is 4. The Morgan fingerprint density at radius 1 is 1.10 bits per heavy atom. The molecule has 0 bridgehead atoms. The molecule has 1 aromatic heterocycles. The van der Waals surface area contributed by atoms with Crippen molar-refractivity contribution >= 4 is 5.91 Å². The minimum Gasteiger partial charge on any atom is -0.337 e. The van der Waals surface area contributed by atoms with Gasteiger partial charge in [0.1, 0.15) is 0 Å². The van der Waals surface area contributed by atoms with Crippen LogP contribution in [0.4, 0.5) is 0 Å². The lowest BCUT2D eigenvalue weighted by atomic mass is 10.1. The minimum absolute atomic E-state index is 0.0939. The summed E-state index contributed by atoms with van der Waals surface area (Å²) in [6.45, 7) is 3.57. The van der Waals surface area contributed by atoms with Crippen LogP contribution in [0.3, 0.4) is 0 Å². The van der Waals surface area contributed by atoms with Crippen LogP contribution in [0, 0.1) is 0 Å². The van der Waals surface area contributed by atoms with E-state index in [1.54, 1.807) is 10.9 Å². The monoisotopic (exact) mass is 284 g/mol. The quantitative estimate of drug-likeness (QED) is 0.842. The van der Waals surface area contributed by atoms with Gasteiger partial charge in [0, 0.05) is 32.0 Å². The summed E-state index contributed by atoms with van der Waals surface area (Å²) in [6, 6.07) is 9.52. The van der Waals surface area contributed by atoms with Crippen LogP contribution in [0.5, 0.6) is 0 Å². The number of rotatable bonds is 2. The predicted molar refractivity (Wildman–Crippen MR) is 81.6 cm³/mol. The zero-order valence-electron chi connectivity index (χ0n) is 12.3. The fourth-order valence-corrected chi connectivity index (χ4v) is 2.69. The molecule has 0 atom stereocenters. The first-order valence-corrected chi connectivity index (χ1v) is 7.32. The molecule has 2 aromatic rings. The molecule has 2 heterocycles. The van der Waals surface area contributed by atoms with Gasteiger partial charge in [-0.3, -0.25) is 4.79 Å². The van der Waals surface area contributed by atoms with E-state index < -0.39 is 0 Å². The molecule has 0 spiro atoms. The van der Waals surface area contributed by atoms with Crippen molar-refractivity contribution in [3.05, 3.63) is 48.3 Å². The van der Waals surface area contributed by atoms with E-state index in [0.717, 1.165) is 38.3 Å². The molecule has 1 fully saturated rings. The number of aromatic nitrogens is 2. The van der Waals surface area contributed by atoms with Gasteiger partial charge >= 0.3 is 0 Å². The molecule has 1 amide bonds. The van der Waals surface area contributed by atoms with E-state index in [-0.39, 0.29) is 5.91 Å². The maximum atomic E-state index is 12.8. The van der Waals surface area contributed by atoms with Gasteiger partial charge in [-0.05, 0) is 38.2 Å². The number of carbonyl (C=O) groups excluding carboxylic acids is 1. The molecular weight excluding hydrogens is 264 g/mol. The van der Waals surface area contributed by atoms with Crippen molar-refractivity contribution in [2.45, 2.75) is 6.42 Å². The Morgan fingerprint density at radius 2 is 1.95 bits per heavy atom. The highest BCUT2D eigenvalue weighted by atomic mass is 16.2. The van der Waals surface area contributed by atoms with Crippen molar-refractivity contribution in [3.63, 3.8) is 0 Å². The van der Waals surface area contributed by atoms with Gasteiger partial charge < -0.3 is 9.80 Å². The van der Waals surface area contributed by atoms with Gasteiger partial charge in [-0.2, -0.15) is 5.10 Å². The van der Waals surface area contributed by atoms with Gasteiger partial charge in [0.2, 0.25) is 0 Å². The predicted octanol–water partition coefficient (Wildman–Crippen LogP) is 1.65. The fourth-order valence-electron chi connectivity index (χ4n) is 2.69. The standard InChI is InChI=1S/C16H20N4O/c1-18-9-5-10-19(13-12-18)16(21)14-6-2-3-7-15(14)20-11-4-8-17-20/h2-4,6-8,11H,5,9-10,12-13H2,1H3. The number of para-hydroxylation sites is 1. The van der Waals surface area contributed by atoms with E-state index in [9.17, 15) is 4.79 Å². The van der Waals surface area contributed by atoms with E-state index in [0.29, 0.717) is 5.56 Å². The second-order valence-electron chi connectivity index (χ2n) is 5.42. The first kappa shape index (κ1) is 13.8. The molecule has 1 aromatic carbocycles. The third kappa shape index (κ3) is 2.97. The molecule has 110 valence electrons. The molecule has 21 heavy (non-hydrogen) atoms. The summed E-state index contributed by atoms with van der Waals surface area (Å²) in [5.74, 6) is 0.0939. The molecule has 0 radical (unpaired) electrons. The number of hydrogen-bond acceptors (Lipinski definition) is 3. The van der Waals surface area contributed by atoms with Crippen molar-refractivity contribution in [3.8, 4) is 5.69 Å². The first-order valence-electron chi connectivity index (χ1n) is 7.32. The van der Waals surface area contributed by atoms with Crippen molar-refractivity contribution in [2.24, 2.45) is 0 Å². The average molecular weight is 284 g/mol. The van der Waals surface area contributed by atoms with Crippen molar-refractivity contribution in [1.29, 1.82) is 0 Å². The van der Waals surface area contributed by atoms with Crippen LogP contribution < -0.4 is 0 Å². The number of benzene rings is 1. The highest BCUT2D eigenvalue weighted by Gasteiger charge is 2.21. The van der Waals surface area contributed by atoms with Crippen molar-refractivity contribution in [2.75, 3.05) is 33.2 Å². The lowest BCUT2D eigenvalue weighted by Crippen LogP contribution is -2.35. The Labute approximate surface area is 124 Å². The number of likely N-dealkylation sites (N-methyl/N-ethyl adjacent to an activating group) is 1. The molecule has 0 aliphatic carbocycles. The number of amides is 1. The minimum atomic E-state index is 0.0939. The summed E-state index contributed by atoms with van der Waals surface area (Å²) in [6.07, 6.45) is 4.61. The Hall–Kier alpha value is -2.14. The van der Waals surface area contributed by atoms with Crippen LogP contribution >= 0.6 is 0 Å². The van der Waals surface area contributed by atoms with Gasteiger partial charge in [0.05, 0.1) is 11.3 Å². The second kappa shape index (κ2) is 6.10. The van der Waals surface area contributed by atoms with Gasteiger partial charge in [0.25, 0.3) is 5.91 Å². The molecular formula is C16H20N4O. The Morgan fingerprint density at radius 3 is 2.76 bits per heavy atom. The summed E-state index contributed by atoms with van der Waals surface area (Å²) < 4.78 is 1.75. The van der Waals surface area contributed by atoms with Crippen molar-refractivity contribution in [1.82, 2.24) is 19.6 Å².